The Morgan fingerprint density at radius 1 is 1.29 bits per heavy atom. The highest BCUT2D eigenvalue weighted by Crippen LogP contribution is 2.13. The van der Waals surface area contributed by atoms with Crippen molar-refractivity contribution in [1.29, 1.82) is 0 Å². The van der Waals surface area contributed by atoms with E-state index in [4.69, 9.17) is 4.74 Å². The molecule has 0 fully saturated rings. The van der Waals surface area contributed by atoms with E-state index in [2.05, 4.69) is 20.7 Å². The van der Waals surface area contributed by atoms with E-state index in [-0.39, 0.29) is 5.56 Å². The maximum atomic E-state index is 12.2. The molecule has 0 spiro atoms. The second kappa shape index (κ2) is 6.65. The van der Waals surface area contributed by atoms with Gasteiger partial charge in [-0.3, -0.25) is 10.1 Å². The Kier molecular flexibility index (Phi) is 4.82. The van der Waals surface area contributed by atoms with E-state index in [9.17, 15) is 14.4 Å². The zero-order valence-corrected chi connectivity index (χ0v) is 13.9. The van der Waals surface area contributed by atoms with Gasteiger partial charge < -0.3 is 10.1 Å². The highest BCUT2D eigenvalue weighted by atomic mass is 16.5. The minimum Gasteiger partial charge on any atom is -0.452 e. The van der Waals surface area contributed by atoms with E-state index in [1.807, 2.05) is 0 Å². The van der Waals surface area contributed by atoms with Gasteiger partial charge in [0.2, 0.25) is 0 Å². The number of esters is 1. The lowest BCUT2D eigenvalue weighted by Crippen LogP contribution is -2.49. The van der Waals surface area contributed by atoms with Crippen molar-refractivity contribution in [3.8, 4) is 0 Å². The van der Waals surface area contributed by atoms with Gasteiger partial charge in [0, 0.05) is 17.9 Å². The fourth-order valence-electron chi connectivity index (χ4n) is 1.97. The van der Waals surface area contributed by atoms with E-state index in [0.717, 1.165) is 0 Å². The molecular weight excluding hydrogens is 314 g/mol. The molecule has 0 aliphatic heterocycles. The molecule has 0 unspecified atom stereocenters. The molecule has 24 heavy (non-hydrogen) atoms. The van der Waals surface area contributed by atoms with Crippen molar-refractivity contribution in [3.63, 3.8) is 0 Å². The Hall–Kier alpha value is -2.97. The van der Waals surface area contributed by atoms with Gasteiger partial charge in [-0.05, 0) is 33.8 Å². The van der Waals surface area contributed by atoms with Gasteiger partial charge in [0.15, 0.2) is 12.3 Å². The quantitative estimate of drug-likeness (QED) is 0.804. The normalized spacial score (nSPS) is 11.2. The molecule has 0 radical (unpaired) electrons. The Labute approximate surface area is 138 Å². The number of hydrogen-bond acceptors (Lipinski definition) is 6. The molecule has 0 saturated carbocycles. The highest BCUT2D eigenvalue weighted by Gasteiger charge is 2.21. The lowest BCUT2D eigenvalue weighted by atomic mass is 10.1. The highest BCUT2D eigenvalue weighted by molar-refractivity contribution is 6.00. The number of nitrogens with zero attached hydrogens (tertiary/aromatic N) is 3. The van der Waals surface area contributed by atoms with Crippen LogP contribution in [0.25, 0.3) is 5.65 Å². The predicted octanol–water partition coefficient (Wildman–Crippen LogP) is 0.819. The summed E-state index contributed by atoms with van der Waals surface area (Å²) in [6.45, 7) is 6.39. The molecule has 2 heterocycles. The van der Waals surface area contributed by atoms with Crippen LogP contribution in [0.1, 0.15) is 36.8 Å². The van der Waals surface area contributed by atoms with E-state index < -0.39 is 30.1 Å². The van der Waals surface area contributed by atoms with Crippen LogP contribution in [-0.2, 0) is 9.53 Å². The number of imide groups is 1. The van der Waals surface area contributed by atoms with Gasteiger partial charge in [0.1, 0.15) is 5.56 Å². The minimum absolute atomic E-state index is 0.183. The molecule has 0 aliphatic rings. The Bertz CT molecular complexity index is 791. The van der Waals surface area contributed by atoms with Crippen molar-refractivity contribution in [2.24, 2.45) is 0 Å². The van der Waals surface area contributed by atoms with Crippen LogP contribution in [0.15, 0.2) is 18.5 Å². The van der Waals surface area contributed by atoms with Crippen LogP contribution in [0, 0.1) is 6.92 Å². The fourth-order valence-corrected chi connectivity index (χ4v) is 1.97. The first-order valence-electron chi connectivity index (χ1n) is 7.26. The van der Waals surface area contributed by atoms with Crippen LogP contribution in [-0.4, -0.2) is 44.7 Å². The maximum Gasteiger partial charge on any atom is 0.344 e. The standard InChI is InChI=1S/C15H19N5O4/c1-9-11(12-16-6-5-7-20(12)19-9)13(22)24-8-10(21)17-14(23)18-15(2,3)4/h5-7H,8H2,1-4H3,(H2,17,18,21,23). The van der Waals surface area contributed by atoms with Crippen molar-refractivity contribution in [2.45, 2.75) is 33.2 Å². The summed E-state index contributed by atoms with van der Waals surface area (Å²) in [5.41, 5.74) is 0.471. The molecule has 2 aromatic rings. The summed E-state index contributed by atoms with van der Waals surface area (Å²) in [5.74, 6) is -1.46. The summed E-state index contributed by atoms with van der Waals surface area (Å²) in [6.07, 6.45) is 3.17. The Balaban J connectivity index is 1.96. The van der Waals surface area contributed by atoms with E-state index in [1.165, 1.54) is 10.7 Å². The average molecular weight is 333 g/mol. The van der Waals surface area contributed by atoms with Crippen LogP contribution in [0.5, 0.6) is 0 Å². The number of hydrogen-bond donors (Lipinski definition) is 2. The molecule has 0 atom stereocenters. The third-order valence-corrected chi connectivity index (χ3v) is 2.85. The lowest BCUT2D eigenvalue weighted by Gasteiger charge is -2.20. The third-order valence-electron chi connectivity index (χ3n) is 2.85. The average Bonchev–Trinajstić information content (AvgIpc) is 2.78. The van der Waals surface area contributed by atoms with E-state index in [0.29, 0.717) is 11.3 Å². The first-order valence-corrected chi connectivity index (χ1v) is 7.26. The summed E-state index contributed by atoms with van der Waals surface area (Å²) in [7, 11) is 0. The minimum atomic E-state index is -0.729. The van der Waals surface area contributed by atoms with Crippen molar-refractivity contribution >= 4 is 23.6 Å². The number of ether oxygens (including phenoxy) is 1. The van der Waals surface area contributed by atoms with Crippen LogP contribution < -0.4 is 10.6 Å². The molecule has 9 heteroatoms. The number of carbonyl (C=O) groups is 3. The molecule has 2 rings (SSSR count). The topological polar surface area (TPSA) is 115 Å². The SMILES string of the molecule is Cc1nn2cccnc2c1C(=O)OCC(=O)NC(=O)NC(C)(C)C. The van der Waals surface area contributed by atoms with E-state index >= 15 is 0 Å². The monoisotopic (exact) mass is 333 g/mol. The number of carbonyl (C=O) groups excluding carboxylic acids is 3. The second-order valence-electron chi connectivity index (χ2n) is 6.18. The third kappa shape index (κ3) is 4.28. The molecule has 2 N–H and O–H groups in total. The van der Waals surface area contributed by atoms with Gasteiger partial charge in [0.25, 0.3) is 5.91 Å². The molecule has 3 amide bonds. The zero-order chi connectivity index (χ0) is 17.9. The van der Waals surface area contributed by atoms with Gasteiger partial charge >= 0.3 is 12.0 Å². The molecule has 2 aromatic heterocycles. The van der Waals surface area contributed by atoms with Crippen molar-refractivity contribution < 1.29 is 19.1 Å². The summed E-state index contributed by atoms with van der Waals surface area (Å²) < 4.78 is 6.39. The number of rotatable bonds is 3. The number of aromatic nitrogens is 3. The molecule has 9 nitrogen and oxygen atoms in total. The maximum absolute atomic E-state index is 12.2. The number of amides is 3. The molecule has 0 saturated heterocycles. The molecule has 0 aliphatic carbocycles. The van der Waals surface area contributed by atoms with Gasteiger partial charge in [0.05, 0.1) is 5.69 Å². The van der Waals surface area contributed by atoms with E-state index in [1.54, 1.807) is 40.0 Å². The zero-order valence-electron chi connectivity index (χ0n) is 13.9. The largest absolute Gasteiger partial charge is 0.452 e. The molecule has 128 valence electrons. The number of fused-ring (bicyclic) bond motifs is 1. The Morgan fingerprint density at radius 3 is 2.67 bits per heavy atom. The summed E-state index contributed by atoms with van der Waals surface area (Å²) in [4.78, 5) is 39.5. The fraction of sp³-hybridized carbons (Fsp3) is 0.400. The Morgan fingerprint density at radius 2 is 2.00 bits per heavy atom. The van der Waals surface area contributed by atoms with Crippen molar-refractivity contribution in [2.75, 3.05) is 6.61 Å². The molecular formula is C15H19N5O4. The van der Waals surface area contributed by atoms with Gasteiger partial charge in [-0.25, -0.2) is 19.1 Å². The van der Waals surface area contributed by atoms with Gasteiger partial charge in [-0.1, -0.05) is 0 Å². The van der Waals surface area contributed by atoms with Crippen LogP contribution in [0.2, 0.25) is 0 Å². The lowest BCUT2D eigenvalue weighted by molar-refractivity contribution is -0.123. The summed E-state index contributed by atoms with van der Waals surface area (Å²) in [6, 6.07) is 1.02. The van der Waals surface area contributed by atoms with Crippen LogP contribution in [0.3, 0.4) is 0 Å². The summed E-state index contributed by atoms with van der Waals surface area (Å²) in [5, 5.41) is 8.79. The van der Waals surface area contributed by atoms with Gasteiger partial charge in [-0.15, -0.1) is 0 Å². The van der Waals surface area contributed by atoms with Crippen molar-refractivity contribution in [3.05, 3.63) is 29.7 Å². The van der Waals surface area contributed by atoms with Crippen LogP contribution >= 0.6 is 0 Å². The molecule has 0 aromatic carbocycles. The first-order chi connectivity index (χ1) is 11.2. The second-order valence-corrected chi connectivity index (χ2v) is 6.18. The van der Waals surface area contributed by atoms with Crippen LogP contribution in [0.4, 0.5) is 4.79 Å². The smallest absolute Gasteiger partial charge is 0.344 e. The predicted molar refractivity (Wildman–Crippen MR) is 84.4 cm³/mol. The van der Waals surface area contributed by atoms with Gasteiger partial charge in [-0.2, -0.15) is 5.10 Å². The first kappa shape index (κ1) is 17.4. The van der Waals surface area contributed by atoms with Crippen molar-refractivity contribution in [1.82, 2.24) is 25.2 Å². The number of aryl methyl sites for hydroxylation is 1. The molecule has 0 bridgehead atoms. The summed E-state index contributed by atoms with van der Waals surface area (Å²) >= 11 is 0. The number of nitrogens with one attached hydrogen (secondary N) is 2. The number of urea groups is 1.